The van der Waals surface area contributed by atoms with Crippen LogP contribution in [-0.2, 0) is 6.18 Å². The molecule has 2 aromatic rings. The maximum atomic E-state index is 12.6. The van der Waals surface area contributed by atoms with E-state index in [2.05, 4.69) is 21.2 Å². The van der Waals surface area contributed by atoms with Crippen LogP contribution in [0.25, 0.3) is 0 Å². The highest BCUT2D eigenvalue weighted by atomic mass is 79.9. The van der Waals surface area contributed by atoms with E-state index in [-0.39, 0.29) is 0 Å². The van der Waals surface area contributed by atoms with Gasteiger partial charge in [-0.05, 0) is 42.8 Å². The first kappa shape index (κ1) is 13.9. The van der Waals surface area contributed by atoms with E-state index >= 15 is 0 Å². The number of aryl methyl sites for hydroxylation is 1. The summed E-state index contributed by atoms with van der Waals surface area (Å²) < 4.78 is 38.7. The van der Waals surface area contributed by atoms with Gasteiger partial charge in [-0.25, -0.2) is 0 Å². The van der Waals surface area contributed by atoms with Crippen molar-refractivity contribution in [3.63, 3.8) is 0 Å². The third-order valence-corrected chi connectivity index (χ3v) is 3.16. The molecule has 0 saturated carbocycles. The molecule has 0 aliphatic rings. The van der Waals surface area contributed by atoms with E-state index in [1.807, 2.05) is 25.1 Å². The zero-order chi connectivity index (χ0) is 14.0. The first-order valence-corrected chi connectivity index (χ1v) is 6.36. The fraction of sp³-hybridized carbons (Fsp3) is 0.143. The zero-order valence-electron chi connectivity index (χ0n) is 10.1. The van der Waals surface area contributed by atoms with E-state index in [0.29, 0.717) is 5.69 Å². The number of benzene rings is 2. The summed E-state index contributed by atoms with van der Waals surface area (Å²) in [6.07, 6.45) is -4.33. The molecule has 0 unspecified atom stereocenters. The highest BCUT2D eigenvalue weighted by Gasteiger charge is 2.30. The molecule has 100 valence electrons. The summed E-state index contributed by atoms with van der Waals surface area (Å²) in [5.74, 6) is 0. The predicted molar refractivity (Wildman–Crippen MR) is 73.6 cm³/mol. The predicted octanol–water partition coefficient (Wildman–Crippen LogP) is 5.52. The molecule has 0 aliphatic heterocycles. The molecule has 0 fully saturated rings. The van der Waals surface area contributed by atoms with Gasteiger partial charge in [-0.3, -0.25) is 0 Å². The fourth-order valence-electron chi connectivity index (χ4n) is 1.66. The molecule has 0 atom stereocenters. The van der Waals surface area contributed by atoms with Crippen LogP contribution in [0.2, 0.25) is 0 Å². The fourth-order valence-corrected chi connectivity index (χ4v) is 2.02. The number of alkyl halides is 3. The lowest BCUT2D eigenvalue weighted by Gasteiger charge is -2.12. The minimum absolute atomic E-state index is 0.413. The lowest BCUT2D eigenvalue weighted by atomic mass is 10.1. The summed E-state index contributed by atoms with van der Waals surface area (Å²) in [7, 11) is 0. The second-order valence-electron chi connectivity index (χ2n) is 4.16. The summed E-state index contributed by atoms with van der Waals surface area (Å²) in [4.78, 5) is 0. The van der Waals surface area contributed by atoms with E-state index in [1.54, 1.807) is 6.07 Å². The Balaban J connectivity index is 2.31. The number of anilines is 2. The van der Waals surface area contributed by atoms with E-state index in [0.717, 1.165) is 27.9 Å². The highest BCUT2D eigenvalue weighted by molar-refractivity contribution is 9.10. The molecule has 19 heavy (non-hydrogen) atoms. The van der Waals surface area contributed by atoms with Crippen molar-refractivity contribution in [3.05, 3.63) is 58.1 Å². The SMILES string of the molecule is Cc1ccc(Br)cc1Nc1cccc(C(F)(F)F)c1. The topological polar surface area (TPSA) is 12.0 Å². The van der Waals surface area contributed by atoms with Crippen LogP contribution < -0.4 is 5.32 Å². The number of nitrogens with one attached hydrogen (secondary N) is 1. The molecule has 0 saturated heterocycles. The van der Waals surface area contributed by atoms with E-state index in [9.17, 15) is 13.2 Å². The molecule has 0 aromatic heterocycles. The Morgan fingerprint density at radius 2 is 1.79 bits per heavy atom. The van der Waals surface area contributed by atoms with Crippen molar-refractivity contribution in [2.45, 2.75) is 13.1 Å². The molecule has 0 heterocycles. The quantitative estimate of drug-likeness (QED) is 0.764. The van der Waals surface area contributed by atoms with Gasteiger partial charge in [-0.2, -0.15) is 13.2 Å². The second kappa shape index (κ2) is 5.25. The van der Waals surface area contributed by atoms with Crippen LogP contribution in [0.5, 0.6) is 0 Å². The van der Waals surface area contributed by atoms with Gasteiger partial charge in [0, 0.05) is 15.8 Å². The van der Waals surface area contributed by atoms with Crippen LogP contribution in [0.3, 0.4) is 0 Å². The van der Waals surface area contributed by atoms with E-state index in [1.165, 1.54) is 6.07 Å². The Bertz CT molecular complexity index is 593. The standard InChI is InChI=1S/C14H11BrF3N/c1-9-5-6-11(15)8-13(9)19-12-4-2-3-10(7-12)14(16,17)18/h2-8,19H,1H3. The molecule has 1 nitrogen and oxygen atoms in total. The van der Waals surface area contributed by atoms with Crippen molar-refractivity contribution >= 4 is 27.3 Å². The molecule has 5 heteroatoms. The first-order chi connectivity index (χ1) is 8.86. The number of hydrogen-bond donors (Lipinski definition) is 1. The van der Waals surface area contributed by atoms with Gasteiger partial charge in [-0.15, -0.1) is 0 Å². The van der Waals surface area contributed by atoms with Crippen molar-refractivity contribution in [3.8, 4) is 0 Å². The number of hydrogen-bond acceptors (Lipinski definition) is 1. The van der Waals surface area contributed by atoms with Gasteiger partial charge >= 0.3 is 6.18 Å². The summed E-state index contributed by atoms with van der Waals surface area (Å²) >= 11 is 3.34. The van der Waals surface area contributed by atoms with Gasteiger partial charge in [0.05, 0.1) is 5.56 Å². The lowest BCUT2D eigenvalue weighted by Crippen LogP contribution is -2.05. The summed E-state index contributed by atoms with van der Waals surface area (Å²) in [6, 6.07) is 10.7. The van der Waals surface area contributed by atoms with Crippen molar-refractivity contribution in [2.24, 2.45) is 0 Å². The maximum Gasteiger partial charge on any atom is 0.416 e. The molecule has 0 bridgehead atoms. The molecule has 2 aromatic carbocycles. The third-order valence-electron chi connectivity index (χ3n) is 2.67. The van der Waals surface area contributed by atoms with E-state index < -0.39 is 11.7 Å². The molecular formula is C14H11BrF3N. The monoisotopic (exact) mass is 329 g/mol. The average molecular weight is 330 g/mol. The molecule has 1 N–H and O–H groups in total. The van der Waals surface area contributed by atoms with Crippen molar-refractivity contribution < 1.29 is 13.2 Å². The Kier molecular flexibility index (Phi) is 3.85. The van der Waals surface area contributed by atoms with Crippen LogP contribution >= 0.6 is 15.9 Å². The van der Waals surface area contributed by atoms with Crippen LogP contribution in [0, 0.1) is 6.92 Å². The van der Waals surface area contributed by atoms with Crippen LogP contribution in [-0.4, -0.2) is 0 Å². The molecule has 0 aliphatic carbocycles. The Morgan fingerprint density at radius 1 is 1.05 bits per heavy atom. The van der Waals surface area contributed by atoms with Gasteiger partial charge in [-0.1, -0.05) is 28.1 Å². The molecule has 0 spiro atoms. The highest BCUT2D eigenvalue weighted by Crippen LogP contribution is 2.32. The summed E-state index contributed by atoms with van der Waals surface area (Å²) in [5.41, 5.74) is 1.48. The minimum atomic E-state index is -4.33. The van der Waals surface area contributed by atoms with Crippen LogP contribution in [0.1, 0.15) is 11.1 Å². The first-order valence-electron chi connectivity index (χ1n) is 5.57. The normalized spacial score (nSPS) is 11.4. The van der Waals surface area contributed by atoms with Gasteiger partial charge in [0.2, 0.25) is 0 Å². The molecular weight excluding hydrogens is 319 g/mol. The minimum Gasteiger partial charge on any atom is -0.355 e. The van der Waals surface area contributed by atoms with Crippen LogP contribution in [0.15, 0.2) is 46.9 Å². The van der Waals surface area contributed by atoms with Crippen molar-refractivity contribution in [1.29, 1.82) is 0 Å². The largest absolute Gasteiger partial charge is 0.416 e. The van der Waals surface area contributed by atoms with Gasteiger partial charge in [0.15, 0.2) is 0 Å². The summed E-state index contributed by atoms with van der Waals surface area (Å²) in [6.45, 7) is 1.89. The summed E-state index contributed by atoms with van der Waals surface area (Å²) in [5, 5.41) is 3.00. The van der Waals surface area contributed by atoms with Crippen molar-refractivity contribution in [1.82, 2.24) is 0 Å². The molecule has 0 amide bonds. The zero-order valence-corrected chi connectivity index (χ0v) is 11.6. The Morgan fingerprint density at radius 3 is 2.47 bits per heavy atom. The van der Waals surface area contributed by atoms with Crippen molar-refractivity contribution in [2.75, 3.05) is 5.32 Å². The Hall–Kier alpha value is -1.49. The number of rotatable bonds is 2. The second-order valence-corrected chi connectivity index (χ2v) is 5.08. The van der Waals surface area contributed by atoms with Gasteiger partial charge in [0.1, 0.15) is 0 Å². The molecule has 2 rings (SSSR count). The van der Waals surface area contributed by atoms with Gasteiger partial charge in [0.25, 0.3) is 0 Å². The molecule has 0 radical (unpaired) electrons. The van der Waals surface area contributed by atoms with Crippen LogP contribution in [0.4, 0.5) is 24.5 Å². The van der Waals surface area contributed by atoms with E-state index in [4.69, 9.17) is 0 Å². The number of halogens is 4. The third kappa shape index (κ3) is 3.50. The van der Waals surface area contributed by atoms with Gasteiger partial charge < -0.3 is 5.32 Å². The maximum absolute atomic E-state index is 12.6. The average Bonchev–Trinajstić information content (AvgIpc) is 2.33. The lowest BCUT2D eigenvalue weighted by molar-refractivity contribution is -0.137. The Labute approximate surface area is 117 Å². The smallest absolute Gasteiger partial charge is 0.355 e.